The van der Waals surface area contributed by atoms with E-state index >= 15 is 0 Å². The molecular weight excluding hydrogens is 258 g/mol. The molecule has 2 heteroatoms. The second-order valence-corrected chi connectivity index (χ2v) is 6.02. The summed E-state index contributed by atoms with van der Waals surface area (Å²) >= 11 is 0. The Kier molecular flexibility index (Phi) is 9.77. The minimum atomic E-state index is 0.782. The summed E-state index contributed by atoms with van der Waals surface area (Å²) in [4.78, 5) is 0. The van der Waals surface area contributed by atoms with Crippen LogP contribution in [0.3, 0.4) is 0 Å². The van der Waals surface area contributed by atoms with Crippen molar-refractivity contribution in [1.82, 2.24) is 0 Å². The Morgan fingerprint density at radius 2 is 1.43 bits per heavy atom. The van der Waals surface area contributed by atoms with Gasteiger partial charge in [-0.25, -0.2) is 0 Å². The maximum absolute atomic E-state index is 5.99. The second-order valence-electron chi connectivity index (χ2n) is 6.02. The van der Waals surface area contributed by atoms with Gasteiger partial charge in [0, 0.05) is 0 Å². The maximum Gasteiger partial charge on any atom is 0.142 e. The quantitative estimate of drug-likeness (QED) is 0.385. The number of benzene rings is 1. The van der Waals surface area contributed by atoms with Crippen LogP contribution in [0.1, 0.15) is 76.7 Å². The molecule has 1 rings (SSSR count). The number of para-hydroxylation sites is 1. The highest BCUT2D eigenvalue weighted by Gasteiger charge is 2.01. The number of ether oxygens (including phenoxy) is 1. The average molecular weight is 291 g/mol. The van der Waals surface area contributed by atoms with Gasteiger partial charge < -0.3 is 10.5 Å². The van der Waals surface area contributed by atoms with Gasteiger partial charge in [-0.3, -0.25) is 0 Å². The van der Waals surface area contributed by atoms with E-state index in [-0.39, 0.29) is 0 Å². The molecule has 0 aliphatic carbocycles. The van der Waals surface area contributed by atoms with Crippen LogP contribution in [0.4, 0.5) is 5.69 Å². The van der Waals surface area contributed by atoms with Crippen molar-refractivity contribution in [2.75, 3.05) is 12.3 Å². The Bertz CT molecular complexity index is 376. The molecular formula is C19H33NO. The molecule has 0 heterocycles. The van der Waals surface area contributed by atoms with Crippen molar-refractivity contribution in [2.45, 2.75) is 78.1 Å². The largest absolute Gasteiger partial charge is 0.491 e. The summed E-state index contributed by atoms with van der Waals surface area (Å²) in [6.07, 6.45) is 13.5. The fourth-order valence-corrected chi connectivity index (χ4v) is 2.55. The highest BCUT2D eigenvalue weighted by Crippen LogP contribution is 2.24. The predicted octanol–water partition coefficient (Wildman–Crippen LogP) is 5.88. The molecule has 2 nitrogen and oxygen atoms in total. The van der Waals surface area contributed by atoms with E-state index in [1.807, 2.05) is 25.1 Å². The molecule has 1 aromatic carbocycles. The van der Waals surface area contributed by atoms with Crippen molar-refractivity contribution < 1.29 is 4.74 Å². The highest BCUT2D eigenvalue weighted by molar-refractivity contribution is 5.57. The van der Waals surface area contributed by atoms with Crippen LogP contribution < -0.4 is 10.5 Å². The molecule has 0 aliphatic rings. The third kappa shape index (κ3) is 7.99. The van der Waals surface area contributed by atoms with Gasteiger partial charge in [0.1, 0.15) is 5.75 Å². The van der Waals surface area contributed by atoms with E-state index in [2.05, 4.69) is 6.92 Å². The lowest BCUT2D eigenvalue weighted by molar-refractivity contribution is 0.305. The van der Waals surface area contributed by atoms with Crippen molar-refractivity contribution >= 4 is 5.69 Å². The van der Waals surface area contributed by atoms with Crippen molar-refractivity contribution in [3.63, 3.8) is 0 Å². The Hall–Kier alpha value is -1.18. The molecule has 0 unspecified atom stereocenters. The number of hydrogen-bond acceptors (Lipinski definition) is 2. The molecule has 0 radical (unpaired) electrons. The SMILES string of the molecule is CCCCCCCCCCCCOc1cccc(C)c1N. The standard InChI is InChI=1S/C19H33NO/c1-3-4-5-6-7-8-9-10-11-12-16-21-18-15-13-14-17(2)19(18)20/h13-15H,3-12,16,20H2,1-2H3. The third-order valence-corrected chi connectivity index (χ3v) is 4.04. The minimum Gasteiger partial charge on any atom is -0.491 e. The number of nitrogens with two attached hydrogens (primary N) is 1. The van der Waals surface area contributed by atoms with Gasteiger partial charge in [-0.1, -0.05) is 76.8 Å². The average Bonchev–Trinajstić information content (AvgIpc) is 2.49. The van der Waals surface area contributed by atoms with Crippen molar-refractivity contribution in [2.24, 2.45) is 0 Å². The fourth-order valence-electron chi connectivity index (χ4n) is 2.55. The summed E-state index contributed by atoms with van der Waals surface area (Å²) < 4.78 is 5.76. The summed E-state index contributed by atoms with van der Waals surface area (Å²) in [6, 6.07) is 5.97. The Balaban J connectivity index is 1.94. The van der Waals surface area contributed by atoms with E-state index in [0.717, 1.165) is 30.0 Å². The highest BCUT2D eigenvalue weighted by atomic mass is 16.5. The lowest BCUT2D eigenvalue weighted by atomic mass is 10.1. The van der Waals surface area contributed by atoms with Gasteiger partial charge in [-0.05, 0) is 25.0 Å². The Morgan fingerprint density at radius 3 is 2.05 bits per heavy atom. The summed E-state index contributed by atoms with van der Waals surface area (Å²) in [5.74, 6) is 0.839. The number of hydrogen-bond donors (Lipinski definition) is 1. The van der Waals surface area contributed by atoms with Crippen LogP contribution in [0.5, 0.6) is 5.75 Å². The maximum atomic E-state index is 5.99. The van der Waals surface area contributed by atoms with E-state index in [0.29, 0.717) is 0 Å². The Morgan fingerprint density at radius 1 is 0.857 bits per heavy atom. The van der Waals surface area contributed by atoms with Crippen LogP contribution >= 0.6 is 0 Å². The smallest absolute Gasteiger partial charge is 0.142 e. The molecule has 0 aliphatic heterocycles. The molecule has 0 spiro atoms. The van der Waals surface area contributed by atoms with Crippen LogP contribution in [0, 0.1) is 6.92 Å². The molecule has 0 aromatic heterocycles. The van der Waals surface area contributed by atoms with E-state index in [4.69, 9.17) is 10.5 Å². The van der Waals surface area contributed by atoms with E-state index in [9.17, 15) is 0 Å². The normalized spacial score (nSPS) is 10.8. The van der Waals surface area contributed by atoms with Gasteiger partial charge in [0.15, 0.2) is 0 Å². The first-order valence-electron chi connectivity index (χ1n) is 8.73. The predicted molar refractivity (Wildman–Crippen MR) is 92.9 cm³/mol. The van der Waals surface area contributed by atoms with Gasteiger partial charge >= 0.3 is 0 Å². The zero-order chi connectivity index (χ0) is 15.3. The summed E-state index contributed by atoms with van der Waals surface area (Å²) in [5.41, 5.74) is 7.86. The lowest BCUT2D eigenvalue weighted by Crippen LogP contribution is -2.01. The molecule has 2 N–H and O–H groups in total. The molecule has 0 amide bonds. The molecule has 1 aromatic rings. The zero-order valence-corrected chi connectivity index (χ0v) is 14.0. The fraction of sp³-hybridized carbons (Fsp3) is 0.684. The van der Waals surface area contributed by atoms with Crippen LogP contribution in [-0.2, 0) is 0 Å². The lowest BCUT2D eigenvalue weighted by Gasteiger charge is -2.10. The van der Waals surface area contributed by atoms with Gasteiger partial charge in [0.05, 0.1) is 12.3 Å². The van der Waals surface area contributed by atoms with Crippen LogP contribution in [0.15, 0.2) is 18.2 Å². The minimum absolute atomic E-state index is 0.782. The van der Waals surface area contributed by atoms with Crippen LogP contribution in [0.2, 0.25) is 0 Å². The number of anilines is 1. The first kappa shape index (κ1) is 17.9. The number of aryl methyl sites for hydroxylation is 1. The molecule has 120 valence electrons. The Labute approximate surface area is 131 Å². The molecule has 0 saturated heterocycles. The van der Waals surface area contributed by atoms with Crippen LogP contribution in [0.25, 0.3) is 0 Å². The summed E-state index contributed by atoms with van der Waals surface area (Å²) in [6.45, 7) is 5.07. The monoisotopic (exact) mass is 291 g/mol. The summed E-state index contributed by atoms with van der Waals surface area (Å²) in [5, 5.41) is 0. The molecule has 0 fully saturated rings. The van der Waals surface area contributed by atoms with Crippen molar-refractivity contribution in [3.05, 3.63) is 23.8 Å². The molecule has 21 heavy (non-hydrogen) atoms. The zero-order valence-electron chi connectivity index (χ0n) is 14.0. The third-order valence-electron chi connectivity index (χ3n) is 4.04. The molecule has 0 saturated carbocycles. The van der Waals surface area contributed by atoms with Gasteiger partial charge in [0.25, 0.3) is 0 Å². The first-order valence-corrected chi connectivity index (χ1v) is 8.73. The van der Waals surface area contributed by atoms with E-state index in [1.165, 1.54) is 57.8 Å². The van der Waals surface area contributed by atoms with Crippen molar-refractivity contribution in [3.8, 4) is 5.75 Å². The van der Waals surface area contributed by atoms with Crippen molar-refractivity contribution in [1.29, 1.82) is 0 Å². The summed E-state index contributed by atoms with van der Waals surface area (Å²) in [7, 11) is 0. The van der Waals surface area contributed by atoms with Gasteiger partial charge in [-0.15, -0.1) is 0 Å². The van der Waals surface area contributed by atoms with E-state index in [1.54, 1.807) is 0 Å². The topological polar surface area (TPSA) is 35.2 Å². The van der Waals surface area contributed by atoms with Gasteiger partial charge in [0.2, 0.25) is 0 Å². The second kappa shape index (κ2) is 11.5. The van der Waals surface area contributed by atoms with Gasteiger partial charge in [-0.2, -0.15) is 0 Å². The molecule has 0 atom stereocenters. The number of unbranched alkanes of at least 4 members (excludes halogenated alkanes) is 9. The van der Waals surface area contributed by atoms with E-state index < -0.39 is 0 Å². The molecule has 0 bridgehead atoms. The number of nitrogen functional groups attached to an aromatic ring is 1. The first-order chi connectivity index (χ1) is 10.3. The van der Waals surface area contributed by atoms with Crippen LogP contribution in [-0.4, -0.2) is 6.61 Å². The number of rotatable bonds is 12.